The van der Waals surface area contributed by atoms with Gasteiger partial charge in [0.2, 0.25) is 0 Å². The van der Waals surface area contributed by atoms with Crippen LogP contribution < -0.4 is 10.1 Å². The number of hydrogen-bond donors (Lipinski definition) is 1. The summed E-state index contributed by atoms with van der Waals surface area (Å²) in [7, 11) is 0. The van der Waals surface area contributed by atoms with Crippen LogP contribution in [0.3, 0.4) is 0 Å². The predicted molar refractivity (Wildman–Crippen MR) is 123 cm³/mol. The zero-order valence-corrected chi connectivity index (χ0v) is 18.9. The van der Waals surface area contributed by atoms with E-state index in [1.165, 1.54) is 11.1 Å². The third kappa shape index (κ3) is 5.53. The molecule has 0 bridgehead atoms. The molecule has 0 heterocycles. The highest BCUT2D eigenvalue weighted by Crippen LogP contribution is 2.39. The summed E-state index contributed by atoms with van der Waals surface area (Å²) in [5, 5.41) is 3.51. The highest BCUT2D eigenvalue weighted by atomic mass is 16.5. The molecule has 2 rings (SSSR count). The number of nitrogens with one attached hydrogen (secondary N) is 1. The zero-order valence-electron chi connectivity index (χ0n) is 18.9. The Labute approximate surface area is 172 Å². The minimum atomic E-state index is 0.0836. The van der Waals surface area contributed by atoms with Gasteiger partial charge in [0, 0.05) is 11.3 Å². The minimum Gasteiger partial charge on any atom is -0.488 e. The smallest absolute Gasteiger partial charge is 0.123 e. The van der Waals surface area contributed by atoms with Gasteiger partial charge in [-0.1, -0.05) is 78.8 Å². The normalized spacial score (nSPS) is 13.2. The lowest BCUT2D eigenvalue weighted by molar-refractivity contribution is 0.204. The molecule has 0 spiro atoms. The molecule has 154 valence electrons. The quantitative estimate of drug-likeness (QED) is 0.465. The van der Waals surface area contributed by atoms with Crippen molar-refractivity contribution in [2.45, 2.75) is 84.7 Å². The van der Waals surface area contributed by atoms with Crippen molar-refractivity contribution in [2.24, 2.45) is 0 Å². The molecule has 2 nitrogen and oxygen atoms in total. The van der Waals surface area contributed by atoms with Gasteiger partial charge in [0.05, 0.1) is 6.54 Å². The van der Waals surface area contributed by atoms with E-state index in [4.69, 9.17) is 4.74 Å². The van der Waals surface area contributed by atoms with Crippen LogP contribution in [0.1, 0.15) is 78.9 Å². The summed E-state index contributed by atoms with van der Waals surface area (Å²) in [6.07, 6.45) is 3.31. The third-order valence-electron chi connectivity index (χ3n) is 6.31. The zero-order chi connectivity index (χ0) is 20.8. The largest absolute Gasteiger partial charge is 0.488 e. The van der Waals surface area contributed by atoms with Crippen molar-refractivity contribution in [3.05, 3.63) is 59.7 Å². The van der Waals surface area contributed by atoms with E-state index in [9.17, 15) is 0 Å². The molecule has 0 saturated carbocycles. The van der Waals surface area contributed by atoms with Gasteiger partial charge in [-0.05, 0) is 53.9 Å². The van der Waals surface area contributed by atoms with Crippen molar-refractivity contribution in [3.8, 4) is 5.75 Å². The Balaban J connectivity index is 2.26. The van der Waals surface area contributed by atoms with Gasteiger partial charge >= 0.3 is 0 Å². The molecule has 1 unspecified atom stereocenters. The molecule has 0 aliphatic heterocycles. The first-order valence-electron chi connectivity index (χ1n) is 10.8. The average Bonchev–Trinajstić information content (AvgIpc) is 2.71. The fraction of sp³-hybridized carbons (Fsp3) is 0.538. The van der Waals surface area contributed by atoms with Crippen LogP contribution in [0.4, 0.5) is 5.69 Å². The Morgan fingerprint density at radius 3 is 2.07 bits per heavy atom. The van der Waals surface area contributed by atoms with Crippen LogP contribution in [0.25, 0.3) is 0 Å². The Morgan fingerprint density at radius 2 is 1.50 bits per heavy atom. The van der Waals surface area contributed by atoms with E-state index < -0.39 is 0 Å². The lowest BCUT2D eigenvalue weighted by atomic mass is 9.76. The fourth-order valence-electron chi connectivity index (χ4n) is 3.21. The van der Waals surface area contributed by atoms with Crippen molar-refractivity contribution in [2.75, 3.05) is 11.9 Å². The second-order valence-corrected chi connectivity index (χ2v) is 9.08. The third-order valence-corrected chi connectivity index (χ3v) is 6.31. The summed E-state index contributed by atoms with van der Waals surface area (Å²) in [5.74, 6) is 1.03. The first-order chi connectivity index (χ1) is 13.2. The van der Waals surface area contributed by atoms with Gasteiger partial charge in [0.15, 0.2) is 0 Å². The monoisotopic (exact) mass is 381 g/mol. The molecular formula is C26H39NO. The lowest BCUT2D eigenvalue weighted by Crippen LogP contribution is -2.28. The SMILES string of the molecule is CCC(CNc1ccccc1)Oc1ccc(C(C)(C)CC)cc1C(C)(C)CC. The van der Waals surface area contributed by atoms with E-state index in [2.05, 4.69) is 96.2 Å². The van der Waals surface area contributed by atoms with Gasteiger partial charge in [-0.3, -0.25) is 0 Å². The van der Waals surface area contributed by atoms with Crippen molar-refractivity contribution >= 4 is 5.69 Å². The Bertz CT molecular complexity index is 733. The molecule has 1 atom stereocenters. The van der Waals surface area contributed by atoms with Crippen LogP contribution >= 0.6 is 0 Å². The molecule has 0 aliphatic rings. The van der Waals surface area contributed by atoms with E-state index in [1.807, 2.05) is 6.07 Å². The first kappa shape index (κ1) is 22.3. The lowest BCUT2D eigenvalue weighted by Gasteiger charge is -2.31. The highest BCUT2D eigenvalue weighted by molar-refractivity contribution is 5.45. The Morgan fingerprint density at radius 1 is 0.857 bits per heavy atom. The second kappa shape index (κ2) is 9.49. The van der Waals surface area contributed by atoms with Gasteiger partial charge in [-0.25, -0.2) is 0 Å². The molecule has 0 saturated heterocycles. The maximum absolute atomic E-state index is 6.54. The molecule has 2 aromatic rings. The summed E-state index contributed by atoms with van der Waals surface area (Å²) in [6, 6.07) is 17.2. The molecule has 0 aromatic heterocycles. The molecule has 0 fully saturated rings. The molecule has 0 aliphatic carbocycles. The fourth-order valence-corrected chi connectivity index (χ4v) is 3.21. The Hall–Kier alpha value is -1.96. The number of benzene rings is 2. The molecule has 2 aromatic carbocycles. The number of hydrogen-bond acceptors (Lipinski definition) is 2. The van der Waals surface area contributed by atoms with Crippen LogP contribution in [-0.2, 0) is 10.8 Å². The molecule has 2 heteroatoms. The van der Waals surface area contributed by atoms with Crippen LogP contribution in [0.2, 0.25) is 0 Å². The highest BCUT2D eigenvalue weighted by Gasteiger charge is 2.27. The molecule has 0 radical (unpaired) electrons. The number of para-hydroxylation sites is 1. The van der Waals surface area contributed by atoms with Crippen molar-refractivity contribution < 1.29 is 4.74 Å². The van der Waals surface area contributed by atoms with Crippen molar-refractivity contribution in [1.82, 2.24) is 0 Å². The average molecular weight is 382 g/mol. The van der Waals surface area contributed by atoms with Gasteiger partial charge in [0.1, 0.15) is 11.9 Å². The molecule has 28 heavy (non-hydrogen) atoms. The van der Waals surface area contributed by atoms with E-state index in [-0.39, 0.29) is 16.9 Å². The standard InChI is InChI=1S/C26H39NO/c1-8-22(19-27-21-14-12-11-13-15-21)28-24-17-16-20(25(4,5)9-2)18-23(24)26(6,7)10-3/h11-18,22,27H,8-10,19H2,1-7H3. The van der Waals surface area contributed by atoms with Crippen LogP contribution in [0, 0.1) is 0 Å². The first-order valence-corrected chi connectivity index (χ1v) is 10.8. The maximum atomic E-state index is 6.54. The van der Waals surface area contributed by atoms with E-state index in [0.717, 1.165) is 37.2 Å². The van der Waals surface area contributed by atoms with E-state index in [0.29, 0.717) is 0 Å². The van der Waals surface area contributed by atoms with E-state index >= 15 is 0 Å². The summed E-state index contributed by atoms with van der Waals surface area (Å²) >= 11 is 0. The number of rotatable bonds is 10. The van der Waals surface area contributed by atoms with Gasteiger partial charge in [-0.15, -0.1) is 0 Å². The topological polar surface area (TPSA) is 21.3 Å². The van der Waals surface area contributed by atoms with Crippen LogP contribution in [0.5, 0.6) is 5.75 Å². The van der Waals surface area contributed by atoms with Crippen molar-refractivity contribution in [3.63, 3.8) is 0 Å². The maximum Gasteiger partial charge on any atom is 0.123 e. The van der Waals surface area contributed by atoms with E-state index in [1.54, 1.807) is 0 Å². The second-order valence-electron chi connectivity index (χ2n) is 9.08. The van der Waals surface area contributed by atoms with Gasteiger partial charge in [-0.2, -0.15) is 0 Å². The summed E-state index contributed by atoms with van der Waals surface area (Å²) in [6.45, 7) is 16.8. The van der Waals surface area contributed by atoms with Gasteiger partial charge < -0.3 is 10.1 Å². The number of anilines is 1. The Kier molecular flexibility index (Phi) is 7.57. The van der Waals surface area contributed by atoms with Gasteiger partial charge in [0.25, 0.3) is 0 Å². The summed E-state index contributed by atoms with van der Waals surface area (Å²) < 4.78 is 6.54. The summed E-state index contributed by atoms with van der Waals surface area (Å²) in [5.41, 5.74) is 4.12. The van der Waals surface area contributed by atoms with Crippen molar-refractivity contribution in [1.29, 1.82) is 0 Å². The van der Waals surface area contributed by atoms with Crippen LogP contribution in [0.15, 0.2) is 48.5 Å². The minimum absolute atomic E-state index is 0.0836. The molecular weight excluding hydrogens is 342 g/mol. The van der Waals surface area contributed by atoms with Crippen LogP contribution in [-0.4, -0.2) is 12.6 Å². The summed E-state index contributed by atoms with van der Waals surface area (Å²) in [4.78, 5) is 0. The molecule has 0 amide bonds. The number of ether oxygens (including phenoxy) is 1. The predicted octanol–water partition coefficient (Wildman–Crippen LogP) is 7.33. The molecule has 1 N–H and O–H groups in total.